The van der Waals surface area contributed by atoms with Crippen molar-refractivity contribution >= 4 is 17.0 Å². The maximum Gasteiger partial charge on any atom is 0.311 e. The Morgan fingerprint density at radius 1 is 1.44 bits per heavy atom. The second-order valence-corrected chi connectivity index (χ2v) is 4.15. The molecule has 0 saturated carbocycles. The molecule has 1 heterocycles. The van der Waals surface area contributed by atoms with Crippen molar-refractivity contribution in [2.45, 2.75) is 26.3 Å². The van der Waals surface area contributed by atoms with Crippen LogP contribution in [0.5, 0.6) is 0 Å². The largest absolute Gasteiger partial charge is 0.481 e. The molecule has 5 nitrogen and oxygen atoms in total. The number of nitrogens with zero attached hydrogens (tertiary/aromatic N) is 2. The van der Waals surface area contributed by atoms with Gasteiger partial charge in [-0.25, -0.2) is 4.98 Å². The second kappa shape index (κ2) is 5.18. The van der Waals surface area contributed by atoms with Crippen LogP contribution in [0.2, 0.25) is 0 Å². The minimum atomic E-state index is -0.916. The normalized spacial score (nSPS) is 11.0. The zero-order valence-electron chi connectivity index (χ0n) is 10.3. The molecule has 2 N–H and O–H groups in total. The molecular weight excluding hydrogens is 232 g/mol. The van der Waals surface area contributed by atoms with Gasteiger partial charge in [0.15, 0.2) is 0 Å². The Morgan fingerprint density at radius 3 is 2.83 bits per heavy atom. The van der Waals surface area contributed by atoms with E-state index in [4.69, 9.17) is 10.2 Å². The number of aliphatic hydroxyl groups excluding tert-OH is 1. The zero-order chi connectivity index (χ0) is 13.1. The number of aliphatic hydroxyl groups is 1. The summed E-state index contributed by atoms with van der Waals surface area (Å²) >= 11 is 0. The molecule has 0 spiro atoms. The molecule has 0 aliphatic rings. The van der Waals surface area contributed by atoms with Gasteiger partial charge in [-0.3, -0.25) is 4.79 Å². The third-order valence-corrected chi connectivity index (χ3v) is 2.93. The first-order valence-corrected chi connectivity index (χ1v) is 5.96. The Hall–Kier alpha value is -1.88. The van der Waals surface area contributed by atoms with Crippen LogP contribution in [-0.4, -0.2) is 32.3 Å². The lowest BCUT2D eigenvalue weighted by Gasteiger charge is -2.05. The number of carboxylic acids is 1. The van der Waals surface area contributed by atoms with Crippen LogP contribution < -0.4 is 0 Å². The summed E-state index contributed by atoms with van der Waals surface area (Å²) in [6.07, 6.45) is 0.785. The third kappa shape index (κ3) is 2.36. The van der Waals surface area contributed by atoms with E-state index in [0.29, 0.717) is 12.4 Å². The fourth-order valence-electron chi connectivity index (χ4n) is 2.06. The Bertz CT molecular complexity index is 575. The fraction of sp³-hybridized carbons (Fsp3) is 0.385. The maximum absolute atomic E-state index is 10.8. The fourth-order valence-corrected chi connectivity index (χ4v) is 2.06. The molecule has 0 unspecified atom stereocenters. The Labute approximate surface area is 105 Å². The van der Waals surface area contributed by atoms with Crippen molar-refractivity contribution in [1.29, 1.82) is 0 Å². The van der Waals surface area contributed by atoms with Crippen molar-refractivity contribution in [3.63, 3.8) is 0 Å². The van der Waals surface area contributed by atoms with Gasteiger partial charge in [-0.05, 0) is 24.1 Å². The van der Waals surface area contributed by atoms with E-state index in [0.717, 1.165) is 23.0 Å². The maximum atomic E-state index is 10.8. The predicted octanol–water partition coefficient (Wildman–Crippen LogP) is 1.22. The highest BCUT2D eigenvalue weighted by atomic mass is 16.4. The molecule has 5 heteroatoms. The van der Waals surface area contributed by atoms with Crippen molar-refractivity contribution in [2.75, 3.05) is 6.61 Å². The summed E-state index contributed by atoms with van der Waals surface area (Å²) < 4.78 is 1.77. The molecule has 1 aromatic heterocycles. The first kappa shape index (κ1) is 12.6. The summed E-state index contributed by atoms with van der Waals surface area (Å²) in [5.41, 5.74) is 2.83. The molecule has 0 aliphatic carbocycles. The topological polar surface area (TPSA) is 75.3 Å². The molecule has 0 fully saturated rings. The van der Waals surface area contributed by atoms with Crippen LogP contribution in [0.15, 0.2) is 18.2 Å². The van der Waals surface area contributed by atoms with Gasteiger partial charge in [-0.15, -0.1) is 0 Å². The zero-order valence-corrected chi connectivity index (χ0v) is 10.3. The lowest BCUT2D eigenvalue weighted by molar-refractivity contribution is -0.136. The number of hydrogen-bond acceptors (Lipinski definition) is 3. The highest BCUT2D eigenvalue weighted by Gasteiger charge is 2.13. The number of imidazole rings is 1. The molecule has 0 aliphatic heterocycles. The van der Waals surface area contributed by atoms with E-state index in [1.54, 1.807) is 4.57 Å². The van der Waals surface area contributed by atoms with E-state index < -0.39 is 5.97 Å². The molecule has 0 amide bonds. The molecule has 1 aromatic carbocycles. The van der Waals surface area contributed by atoms with Crippen molar-refractivity contribution < 1.29 is 15.0 Å². The van der Waals surface area contributed by atoms with Gasteiger partial charge in [0.25, 0.3) is 0 Å². The molecule has 0 saturated heterocycles. The number of carboxylic acid groups (broad SMARTS) is 1. The Morgan fingerprint density at radius 2 is 2.22 bits per heavy atom. The van der Waals surface area contributed by atoms with Crippen LogP contribution in [0, 0.1) is 0 Å². The quantitative estimate of drug-likeness (QED) is 0.834. The molecule has 0 atom stereocenters. The van der Waals surface area contributed by atoms with Crippen molar-refractivity contribution in [2.24, 2.45) is 0 Å². The minimum absolute atomic E-state index is 0.0341. The molecule has 2 rings (SSSR count). The number of benzene rings is 1. The van der Waals surface area contributed by atoms with E-state index >= 15 is 0 Å². The van der Waals surface area contributed by atoms with Crippen molar-refractivity contribution in [3.05, 3.63) is 29.6 Å². The van der Waals surface area contributed by atoms with E-state index in [2.05, 4.69) is 11.9 Å². The highest BCUT2D eigenvalue weighted by molar-refractivity contribution is 5.78. The Kier molecular flexibility index (Phi) is 3.62. The monoisotopic (exact) mass is 248 g/mol. The average molecular weight is 248 g/mol. The Balaban J connectivity index is 2.54. The number of aliphatic carboxylic acids is 1. The van der Waals surface area contributed by atoms with Gasteiger partial charge < -0.3 is 14.8 Å². The van der Waals surface area contributed by atoms with Crippen LogP contribution >= 0.6 is 0 Å². The predicted molar refractivity (Wildman–Crippen MR) is 67.5 cm³/mol. The van der Waals surface area contributed by atoms with Gasteiger partial charge in [0.05, 0.1) is 17.6 Å². The lowest BCUT2D eigenvalue weighted by atomic mass is 10.1. The molecule has 0 radical (unpaired) electrons. The van der Waals surface area contributed by atoms with Gasteiger partial charge in [0.2, 0.25) is 0 Å². The summed E-state index contributed by atoms with van der Waals surface area (Å²) in [6, 6.07) is 5.90. The summed E-state index contributed by atoms with van der Waals surface area (Å²) in [4.78, 5) is 15.2. The van der Waals surface area contributed by atoms with Gasteiger partial charge >= 0.3 is 5.97 Å². The number of aromatic nitrogens is 2. The van der Waals surface area contributed by atoms with E-state index in [1.807, 2.05) is 18.2 Å². The second-order valence-electron chi connectivity index (χ2n) is 4.15. The lowest BCUT2D eigenvalue weighted by Crippen LogP contribution is -2.11. The number of rotatable bonds is 5. The van der Waals surface area contributed by atoms with Gasteiger partial charge in [-0.2, -0.15) is 0 Å². The SMILES string of the molecule is CCc1ccc2c(c1)nc(CC(=O)O)n2CCO. The van der Waals surface area contributed by atoms with Crippen LogP contribution in [0.3, 0.4) is 0 Å². The smallest absolute Gasteiger partial charge is 0.311 e. The standard InChI is InChI=1S/C13H16N2O3/c1-2-9-3-4-11-10(7-9)14-12(8-13(17)18)15(11)5-6-16/h3-4,7,16H,2,5-6,8H2,1H3,(H,17,18). The van der Waals surface area contributed by atoms with Crippen LogP contribution in [0.4, 0.5) is 0 Å². The summed E-state index contributed by atoms with van der Waals surface area (Å²) in [6.45, 7) is 2.39. The van der Waals surface area contributed by atoms with Gasteiger partial charge in [0, 0.05) is 6.54 Å². The summed E-state index contributed by atoms with van der Waals surface area (Å²) in [7, 11) is 0. The highest BCUT2D eigenvalue weighted by Crippen LogP contribution is 2.18. The molecular formula is C13H16N2O3. The summed E-state index contributed by atoms with van der Waals surface area (Å²) in [5.74, 6) is -0.431. The first-order chi connectivity index (χ1) is 8.65. The van der Waals surface area contributed by atoms with Crippen LogP contribution in [0.1, 0.15) is 18.3 Å². The number of fused-ring (bicyclic) bond motifs is 1. The number of hydrogen-bond donors (Lipinski definition) is 2. The molecule has 96 valence electrons. The first-order valence-electron chi connectivity index (χ1n) is 5.96. The molecule has 2 aromatic rings. The van der Waals surface area contributed by atoms with Crippen LogP contribution in [0.25, 0.3) is 11.0 Å². The van der Waals surface area contributed by atoms with E-state index in [-0.39, 0.29) is 13.0 Å². The average Bonchev–Trinajstić information content (AvgIpc) is 2.66. The van der Waals surface area contributed by atoms with Crippen molar-refractivity contribution in [3.8, 4) is 0 Å². The van der Waals surface area contributed by atoms with Gasteiger partial charge in [-0.1, -0.05) is 13.0 Å². The van der Waals surface area contributed by atoms with Gasteiger partial charge in [0.1, 0.15) is 12.2 Å². The molecule has 18 heavy (non-hydrogen) atoms. The number of aryl methyl sites for hydroxylation is 1. The summed E-state index contributed by atoms with van der Waals surface area (Å²) in [5, 5.41) is 17.9. The van der Waals surface area contributed by atoms with Crippen LogP contribution in [-0.2, 0) is 24.2 Å². The minimum Gasteiger partial charge on any atom is -0.481 e. The van der Waals surface area contributed by atoms with E-state index in [1.165, 1.54) is 0 Å². The van der Waals surface area contributed by atoms with Crippen molar-refractivity contribution in [1.82, 2.24) is 9.55 Å². The molecule has 0 bridgehead atoms. The van der Waals surface area contributed by atoms with E-state index in [9.17, 15) is 4.79 Å². The third-order valence-electron chi connectivity index (χ3n) is 2.93. The number of carbonyl (C=O) groups is 1.